The van der Waals surface area contributed by atoms with Crippen molar-refractivity contribution in [1.82, 2.24) is 14.5 Å². The molecule has 2 aromatic rings. The number of likely N-dealkylation sites (tertiary alicyclic amines) is 1. The molecular formula is C23H31N3O. The molecule has 1 N–H and O–H groups in total. The predicted octanol–water partition coefficient (Wildman–Crippen LogP) is 3.98. The first-order valence-corrected chi connectivity index (χ1v) is 10.8. The average Bonchev–Trinajstić information content (AvgIpc) is 3.42. The van der Waals surface area contributed by atoms with Crippen LogP contribution < -0.4 is 0 Å². The molecule has 1 aromatic heterocycles. The molecule has 1 aromatic carbocycles. The molecule has 1 saturated heterocycles. The zero-order chi connectivity index (χ0) is 18.2. The van der Waals surface area contributed by atoms with Crippen LogP contribution in [0, 0.1) is 17.8 Å². The van der Waals surface area contributed by atoms with Gasteiger partial charge in [0.25, 0.3) is 0 Å². The zero-order valence-electron chi connectivity index (χ0n) is 16.1. The summed E-state index contributed by atoms with van der Waals surface area (Å²) >= 11 is 0. The van der Waals surface area contributed by atoms with Gasteiger partial charge in [0.1, 0.15) is 5.82 Å². The molecule has 0 unspecified atom stereocenters. The number of aliphatic hydroxyl groups is 1. The lowest BCUT2D eigenvalue weighted by molar-refractivity contribution is 0.0365. The highest BCUT2D eigenvalue weighted by Gasteiger charge is 2.43. The highest BCUT2D eigenvalue weighted by atomic mass is 16.3. The van der Waals surface area contributed by atoms with Crippen LogP contribution in [0.4, 0.5) is 0 Å². The number of rotatable bonds is 4. The van der Waals surface area contributed by atoms with Gasteiger partial charge in [0.2, 0.25) is 0 Å². The predicted molar refractivity (Wildman–Crippen MR) is 107 cm³/mol. The van der Waals surface area contributed by atoms with Crippen LogP contribution in [0.15, 0.2) is 42.7 Å². The van der Waals surface area contributed by atoms with Crippen LogP contribution in [-0.4, -0.2) is 45.3 Å². The van der Waals surface area contributed by atoms with Crippen LogP contribution in [0.3, 0.4) is 0 Å². The van der Waals surface area contributed by atoms with E-state index >= 15 is 0 Å². The summed E-state index contributed by atoms with van der Waals surface area (Å²) in [6.45, 7) is 3.70. The van der Waals surface area contributed by atoms with E-state index in [1.807, 2.05) is 12.3 Å². The molecule has 4 nitrogen and oxygen atoms in total. The van der Waals surface area contributed by atoms with Crippen molar-refractivity contribution < 1.29 is 5.11 Å². The fourth-order valence-electron chi connectivity index (χ4n) is 5.90. The molecule has 4 atom stereocenters. The van der Waals surface area contributed by atoms with Crippen molar-refractivity contribution in [1.29, 1.82) is 0 Å². The van der Waals surface area contributed by atoms with E-state index in [0.29, 0.717) is 11.8 Å². The number of aliphatic hydroxyl groups excluding tert-OH is 1. The van der Waals surface area contributed by atoms with Crippen molar-refractivity contribution in [2.45, 2.75) is 50.7 Å². The molecule has 0 radical (unpaired) electrons. The second-order valence-corrected chi connectivity index (χ2v) is 9.02. The Morgan fingerprint density at radius 2 is 1.74 bits per heavy atom. The molecule has 3 aliphatic rings. The molecule has 2 saturated carbocycles. The largest absolute Gasteiger partial charge is 0.391 e. The lowest BCUT2D eigenvalue weighted by Gasteiger charge is -2.36. The van der Waals surface area contributed by atoms with Gasteiger partial charge in [0, 0.05) is 37.6 Å². The first-order valence-electron chi connectivity index (χ1n) is 10.8. The Kier molecular flexibility index (Phi) is 4.78. The van der Waals surface area contributed by atoms with E-state index in [1.54, 1.807) is 0 Å². The van der Waals surface area contributed by atoms with Crippen molar-refractivity contribution in [2.75, 3.05) is 19.6 Å². The van der Waals surface area contributed by atoms with Gasteiger partial charge in [0.05, 0.1) is 12.1 Å². The third-order valence-electron chi connectivity index (χ3n) is 7.23. The summed E-state index contributed by atoms with van der Waals surface area (Å²) in [4.78, 5) is 7.31. The smallest absolute Gasteiger partial charge is 0.140 e. The number of aromatic nitrogens is 2. The van der Waals surface area contributed by atoms with E-state index < -0.39 is 0 Å². The van der Waals surface area contributed by atoms with Gasteiger partial charge in [-0.3, -0.25) is 0 Å². The Labute approximate surface area is 162 Å². The molecule has 1 aliphatic heterocycles. The number of imidazole rings is 1. The molecule has 2 heterocycles. The summed E-state index contributed by atoms with van der Waals surface area (Å²) in [6, 6.07) is 10.5. The van der Waals surface area contributed by atoms with Crippen molar-refractivity contribution in [2.24, 2.45) is 17.8 Å². The van der Waals surface area contributed by atoms with Gasteiger partial charge in [-0.05, 0) is 43.4 Å². The summed E-state index contributed by atoms with van der Waals surface area (Å²) in [5.74, 6) is 3.29. The maximum absolute atomic E-state index is 11.0. The van der Waals surface area contributed by atoms with Crippen LogP contribution in [0.25, 0.3) is 11.4 Å². The van der Waals surface area contributed by atoms with Crippen molar-refractivity contribution in [3.05, 3.63) is 42.7 Å². The number of benzene rings is 1. The van der Waals surface area contributed by atoms with Crippen molar-refractivity contribution in [3.8, 4) is 11.4 Å². The van der Waals surface area contributed by atoms with Gasteiger partial charge in [-0.25, -0.2) is 4.98 Å². The zero-order valence-corrected chi connectivity index (χ0v) is 16.1. The highest BCUT2D eigenvalue weighted by molar-refractivity contribution is 5.55. The lowest BCUT2D eigenvalue weighted by Crippen LogP contribution is -2.36. The molecule has 4 heteroatoms. The second kappa shape index (κ2) is 7.40. The van der Waals surface area contributed by atoms with Crippen molar-refractivity contribution >= 4 is 0 Å². The molecular weight excluding hydrogens is 334 g/mol. The monoisotopic (exact) mass is 365 g/mol. The maximum atomic E-state index is 11.0. The Hall–Kier alpha value is -1.65. The molecule has 3 fully saturated rings. The van der Waals surface area contributed by atoms with Gasteiger partial charge in [0.15, 0.2) is 0 Å². The molecule has 0 amide bonds. The minimum Gasteiger partial charge on any atom is -0.391 e. The van der Waals surface area contributed by atoms with Crippen molar-refractivity contribution in [3.63, 3.8) is 0 Å². The summed E-state index contributed by atoms with van der Waals surface area (Å²) in [6.07, 6.45) is 11.4. The minimum absolute atomic E-state index is 0.149. The second-order valence-electron chi connectivity index (χ2n) is 9.02. The lowest BCUT2D eigenvalue weighted by atomic mass is 9.77. The first-order chi connectivity index (χ1) is 13.3. The van der Waals surface area contributed by atoms with Crippen LogP contribution in [0.5, 0.6) is 0 Å². The number of hydrogen-bond acceptors (Lipinski definition) is 3. The Bertz CT molecular complexity index is 752. The maximum Gasteiger partial charge on any atom is 0.140 e. The fraction of sp³-hybridized carbons (Fsp3) is 0.609. The summed E-state index contributed by atoms with van der Waals surface area (Å²) < 4.78 is 2.23. The third-order valence-corrected chi connectivity index (χ3v) is 7.23. The SMILES string of the molecule is O[C@H]1C[C@@H]2CN(CC3CCCC3)C[C@@H]2C[C@@H]1n1ccnc1-c1ccccc1. The molecule has 5 rings (SSSR count). The van der Waals surface area contributed by atoms with E-state index in [0.717, 1.165) is 30.1 Å². The minimum atomic E-state index is -0.269. The van der Waals surface area contributed by atoms with E-state index in [-0.39, 0.29) is 12.1 Å². The standard InChI is InChI=1S/C23H31N3O/c27-22-13-20-16-25(14-17-6-4-5-7-17)15-19(20)12-21(22)26-11-10-24-23(26)18-8-2-1-3-9-18/h1-3,8-11,17,19-22,27H,4-7,12-16H2/t19-,20+,21-,22-/m0/s1. The van der Waals surface area contributed by atoms with Gasteiger partial charge in [-0.1, -0.05) is 43.2 Å². The van der Waals surface area contributed by atoms with E-state index in [2.05, 4.69) is 44.9 Å². The van der Waals surface area contributed by atoms with E-state index in [4.69, 9.17) is 0 Å². The van der Waals surface area contributed by atoms with E-state index in [1.165, 1.54) is 45.3 Å². The number of fused-ring (bicyclic) bond motifs is 1. The van der Waals surface area contributed by atoms with E-state index in [9.17, 15) is 5.11 Å². The van der Waals surface area contributed by atoms with Gasteiger partial charge in [-0.15, -0.1) is 0 Å². The van der Waals surface area contributed by atoms with Crippen LogP contribution >= 0.6 is 0 Å². The third kappa shape index (κ3) is 3.45. The molecule has 0 bridgehead atoms. The number of nitrogens with zero attached hydrogens (tertiary/aromatic N) is 3. The first kappa shape index (κ1) is 17.4. The molecule has 27 heavy (non-hydrogen) atoms. The summed E-state index contributed by atoms with van der Waals surface area (Å²) in [5.41, 5.74) is 1.13. The Balaban J connectivity index is 1.31. The normalized spacial score (nSPS) is 32.0. The molecule has 0 spiro atoms. The number of hydrogen-bond donors (Lipinski definition) is 1. The fourth-order valence-corrected chi connectivity index (χ4v) is 5.90. The van der Waals surface area contributed by atoms with Crippen LogP contribution in [0.1, 0.15) is 44.6 Å². The molecule has 2 aliphatic carbocycles. The van der Waals surface area contributed by atoms with Gasteiger partial charge in [-0.2, -0.15) is 0 Å². The highest BCUT2D eigenvalue weighted by Crippen LogP contribution is 2.43. The van der Waals surface area contributed by atoms with Gasteiger partial charge < -0.3 is 14.6 Å². The summed E-state index contributed by atoms with van der Waals surface area (Å²) in [7, 11) is 0. The van der Waals surface area contributed by atoms with Crippen LogP contribution in [0.2, 0.25) is 0 Å². The topological polar surface area (TPSA) is 41.3 Å². The van der Waals surface area contributed by atoms with Crippen LogP contribution in [-0.2, 0) is 0 Å². The molecule has 144 valence electrons. The average molecular weight is 366 g/mol. The Morgan fingerprint density at radius 1 is 1.00 bits per heavy atom. The Morgan fingerprint density at radius 3 is 2.52 bits per heavy atom. The quantitative estimate of drug-likeness (QED) is 0.891. The van der Waals surface area contributed by atoms with Gasteiger partial charge >= 0.3 is 0 Å². The summed E-state index contributed by atoms with van der Waals surface area (Å²) in [5, 5.41) is 11.0.